The zero-order chi connectivity index (χ0) is 14.8. The van der Waals surface area contributed by atoms with Crippen molar-refractivity contribution in [1.29, 1.82) is 0 Å². The van der Waals surface area contributed by atoms with Gasteiger partial charge in [0.15, 0.2) is 17.3 Å². The normalized spacial score (nSPS) is 11.8. The lowest BCUT2D eigenvalue weighted by molar-refractivity contribution is -0.177. The van der Waals surface area contributed by atoms with Gasteiger partial charge in [-0.3, -0.25) is 0 Å². The van der Waals surface area contributed by atoms with Gasteiger partial charge in [-0.15, -0.1) is 0 Å². The zero-order valence-electron chi connectivity index (χ0n) is 9.89. The Kier molecular flexibility index (Phi) is 3.79. The molecule has 0 aliphatic carbocycles. The van der Waals surface area contributed by atoms with E-state index in [9.17, 15) is 23.4 Å². The average molecular weight is 290 g/mol. The van der Waals surface area contributed by atoms with E-state index in [0.29, 0.717) is 0 Å². The number of rotatable bonds is 4. The topological polar surface area (TPSA) is 88.6 Å². The number of hydrogen-bond donors (Lipinski definition) is 2. The van der Waals surface area contributed by atoms with Gasteiger partial charge in [-0.05, 0) is 12.1 Å². The minimum Gasteiger partial charge on any atom is -0.504 e. The van der Waals surface area contributed by atoms with Crippen molar-refractivity contribution in [2.75, 3.05) is 6.61 Å². The van der Waals surface area contributed by atoms with Gasteiger partial charge in [0, 0.05) is 0 Å². The Balaban J connectivity index is 2.07. The Morgan fingerprint density at radius 3 is 2.70 bits per heavy atom. The predicted molar refractivity (Wildman–Crippen MR) is 58.8 cm³/mol. The number of phenolic OH excluding ortho intramolecular Hbond substituents is 2. The third-order valence-corrected chi connectivity index (χ3v) is 2.21. The molecule has 0 radical (unpaired) electrons. The SMILES string of the molecule is Oc1cccc(-c2nc(COCC(F)(F)F)no2)c1O. The van der Waals surface area contributed by atoms with Gasteiger partial charge in [-0.2, -0.15) is 18.2 Å². The third-order valence-electron chi connectivity index (χ3n) is 2.21. The standard InChI is InChI=1S/C11H9F3N2O4/c12-11(13,14)5-19-4-8-15-10(20-16-8)6-2-1-3-7(17)9(6)18/h1-3,17-18H,4-5H2. The van der Waals surface area contributed by atoms with Gasteiger partial charge < -0.3 is 19.5 Å². The van der Waals surface area contributed by atoms with Gasteiger partial charge in [-0.25, -0.2) is 0 Å². The summed E-state index contributed by atoms with van der Waals surface area (Å²) in [7, 11) is 0. The Morgan fingerprint density at radius 1 is 1.25 bits per heavy atom. The number of benzene rings is 1. The molecular weight excluding hydrogens is 281 g/mol. The molecule has 20 heavy (non-hydrogen) atoms. The summed E-state index contributed by atoms with van der Waals surface area (Å²) in [5, 5.41) is 22.3. The molecule has 0 amide bonds. The van der Waals surface area contributed by atoms with Crippen molar-refractivity contribution < 1.29 is 32.6 Å². The van der Waals surface area contributed by atoms with Crippen LogP contribution < -0.4 is 0 Å². The second kappa shape index (κ2) is 5.37. The number of aromatic nitrogens is 2. The maximum Gasteiger partial charge on any atom is 0.411 e. The highest BCUT2D eigenvalue weighted by atomic mass is 19.4. The fraction of sp³-hybridized carbons (Fsp3) is 0.273. The van der Waals surface area contributed by atoms with E-state index in [1.807, 2.05) is 0 Å². The molecule has 9 heteroatoms. The molecular formula is C11H9F3N2O4. The van der Waals surface area contributed by atoms with Crippen LogP contribution in [0.5, 0.6) is 11.5 Å². The molecule has 0 bridgehead atoms. The summed E-state index contributed by atoms with van der Waals surface area (Å²) in [5.41, 5.74) is 0.0690. The molecule has 2 N–H and O–H groups in total. The molecule has 108 valence electrons. The molecule has 6 nitrogen and oxygen atoms in total. The van der Waals surface area contributed by atoms with Crippen LogP contribution in [-0.2, 0) is 11.3 Å². The van der Waals surface area contributed by atoms with E-state index in [1.54, 1.807) is 0 Å². The number of hydrogen-bond acceptors (Lipinski definition) is 6. The summed E-state index contributed by atoms with van der Waals surface area (Å²) >= 11 is 0. The summed E-state index contributed by atoms with van der Waals surface area (Å²) in [6.45, 7) is -1.91. The van der Waals surface area contributed by atoms with Crippen LogP contribution in [0.15, 0.2) is 22.7 Å². The van der Waals surface area contributed by atoms with Crippen LogP contribution in [0.25, 0.3) is 11.5 Å². The van der Waals surface area contributed by atoms with E-state index >= 15 is 0 Å². The second-order valence-electron chi connectivity index (χ2n) is 3.80. The molecule has 0 unspecified atom stereocenters. The molecule has 2 aromatic rings. The number of alkyl halides is 3. The number of nitrogens with zero attached hydrogens (tertiary/aromatic N) is 2. The van der Waals surface area contributed by atoms with Crippen LogP contribution in [0.2, 0.25) is 0 Å². The first-order valence-corrected chi connectivity index (χ1v) is 5.35. The Labute approximate surface area is 110 Å². The van der Waals surface area contributed by atoms with E-state index in [2.05, 4.69) is 14.9 Å². The van der Waals surface area contributed by atoms with Gasteiger partial charge in [0.1, 0.15) is 13.2 Å². The maximum absolute atomic E-state index is 11.9. The number of aromatic hydroxyl groups is 2. The molecule has 1 aromatic heterocycles. The minimum absolute atomic E-state index is 0.0690. The summed E-state index contributed by atoms with van der Waals surface area (Å²) < 4.78 is 44.8. The van der Waals surface area contributed by atoms with Crippen molar-refractivity contribution in [2.45, 2.75) is 12.8 Å². The third kappa shape index (κ3) is 3.38. The maximum atomic E-state index is 11.9. The average Bonchev–Trinajstić information content (AvgIpc) is 2.79. The quantitative estimate of drug-likeness (QED) is 0.839. The minimum atomic E-state index is -4.43. The summed E-state index contributed by atoms with van der Waals surface area (Å²) in [6, 6.07) is 4.10. The lowest BCUT2D eigenvalue weighted by atomic mass is 10.2. The van der Waals surface area contributed by atoms with Crippen LogP contribution in [-0.4, -0.2) is 33.1 Å². The van der Waals surface area contributed by atoms with Crippen molar-refractivity contribution in [3.8, 4) is 23.0 Å². The first-order chi connectivity index (χ1) is 9.37. The molecule has 0 spiro atoms. The predicted octanol–water partition coefficient (Wildman–Crippen LogP) is 2.23. The van der Waals surface area contributed by atoms with E-state index in [0.717, 1.165) is 0 Å². The largest absolute Gasteiger partial charge is 0.504 e. The Morgan fingerprint density at radius 2 is 2.00 bits per heavy atom. The molecule has 0 aliphatic rings. The van der Waals surface area contributed by atoms with E-state index in [4.69, 9.17) is 4.52 Å². The molecule has 2 rings (SSSR count). The van der Waals surface area contributed by atoms with Crippen LogP contribution in [0.1, 0.15) is 5.82 Å². The highest BCUT2D eigenvalue weighted by molar-refractivity contribution is 5.66. The highest BCUT2D eigenvalue weighted by Crippen LogP contribution is 2.35. The Bertz CT molecular complexity index is 598. The van der Waals surface area contributed by atoms with Gasteiger partial charge in [0.2, 0.25) is 0 Å². The van der Waals surface area contributed by atoms with Crippen molar-refractivity contribution in [3.63, 3.8) is 0 Å². The first kappa shape index (κ1) is 14.1. The Hall–Kier alpha value is -2.29. The van der Waals surface area contributed by atoms with Crippen molar-refractivity contribution in [3.05, 3.63) is 24.0 Å². The number of para-hydroxylation sites is 1. The molecule has 0 atom stereocenters. The van der Waals surface area contributed by atoms with Gasteiger partial charge in [-0.1, -0.05) is 11.2 Å². The molecule has 1 heterocycles. The smallest absolute Gasteiger partial charge is 0.411 e. The summed E-state index contributed by atoms with van der Waals surface area (Å²) in [4.78, 5) is 3.76. The number of phenols is 2. The fourth-order valence-electron chi connectivity index (χ4n) is 1.38. The monoisotopic (exact) mass is 290 g/mol. The first-order valence-electron chi connectivity index (χ1n) is 5.35. The molecule has 0 aliphatic heterocycles. The van der Waals surface area contributed by atoms with E-state index < -0.39 is 25.1 Å². The van der Waals surface area contributed by atoms with Crippen molar-refractivity contribution in [1.82, 2.24) is 10.1 Å². The van der Waals surface area contributed by atoms with Crippen LogP contribution in [0.4, 0.5) is 13.2 Å². The lowest BCUT2D eigenvalue weighted by Crippen LogP contribution is -2.16. The number of ether oxygens (including phenoxy) is 1. The number of halogens is 3. The fourth-order valence-corrected chi connectivity index (χ4v) is 1.38. The van der Waals surface area contributed by atoms with Crippen LogP contribution >= 0.6 is 0 Å². The molecule has 0 fully saturated rings. The van der Waals surface area contributed by atoms with Gasteiger partial charge >= 0.3 is 6.18 Å². The van der Waals surface area contributed by atoms with E-state index in [-0.39, 0.29) is 23.0 Å². The molecule has 0 saturated carbocycles. The van der Waals surface area contributed by atoms with Crippen LogP contribution in [0.3, 0.4) is 0 Å². The second-order valence-corrected chi connectivity index (χ2v) is 3.80. The molecule has 1 aromatic carbocycles. The van der Waals surface area contributed by atoms with Crippen LogP contribution in [0, 0.1) is 0 Å². The van der Waals surface area contributed by atoms with Gasteiger partial charge in [0.05, 0.1) is 5.56 Å². The summed E-state index contributed by atoms with van der Waals surface area (Å²) in [6.07, 6.45) is -4.43. The van der Waals surface area contributed by atoms with Gasteiger partial charge in [0.25, 0.3) is 5.89 Å². The van der Waals surface area contributed by atoms with Crippen molar-refractivity contribution >= 4 is 0 Å². The van der Waals surface area contributed by atoms with E-state index in [1.165, 1.54) is 18.2 Å². The lowest BCUT2D eigenvalue weighted by Gasteiger charge is -2.04. The highest BCUT2D eigenvalue weighted by Gasteiger charge is 2.27. The zero-order valence-corrected chi connectivity index (χ0v) is 9.89. The summed E-state index contributed by atoms with van der Waals surface area (Å²) in [5.74, 6) is -1.08. The molecule has 0 saturated heterocycles. The van der Waals surface area contributed by atoms with Crippen molar-refractivity contribution in [2.24, 2.45) is 0 Å².